The Morgan fingerprint density at radius 2 is 2.38 bits per heavy atom. The summed E-state index contributed by atoms with van der Waals surface area (Å²) in [6.45, 7) is 0.129. The summed E-state index contributed by atoms with van der Waals surface area (Å²) in [5.41, 5.74) is 0. The van der Waals surface area contributed by atoms with E-state index in [1.54, 1.807) is 19.4 Å². The average Bonchev–Trinajstić information content (AvgIpc) is 2.85. The Bertz CT molecular complexity index is 557. The highest BCUT2D eigenvalue weighted by Gasteiger charge is 2.15. The third-order valence-corrected chi connectivity index (χ3v) is 3.33. The standard InChI is InChI=1S/C8H11N5O2S/c1-13-6-7(4-11-13)16(14,15)12-5-8-9-2-3-10-8/h2-4,6,12H,5H2,1H3,(H,9,10). The first kappa shape index (κ1) is 10.8. The molecule has 0 saturated heterocycles. The minimum atomic E-state index is -3.51. The fourth-order valence-electron chi connectivity index (χ4n) is 1.18. The number of hydrogen-bond donors (Lipinski definition) is 2. The van der Waals surface area contributed by atoms with Crippen LogP contribution in [0.5, 0.6) is 0 Å². The highest BCUT2D eigenvalue weighted by molar-refractivity contribution is 7.89. The van der Waals surface area contributed by atoms with Gasteiger partial charge in [0.1, 0.15) is 10.7 Å². The van der Waals surface area contributed by atoms with Crippen molar-refractivity contribution in [1.29, 1.82) is 0 Å². The summed E-state index contributed by atoms with van der Waals surface area (Å²) in [5.74, 6) is 0.562. The van der Waals surface area contributed by atoms with Gasteiger partial charge in [0, 0.05) is 25.6 Å². The lowest BCUT2D eigenvalue weighted by atomic mass is 10.6. The van der Waals surface area contributed by atoms with Crippen LogP contribution in [0.2, 0.25) is 0 Å². The van der Waals surface area contributed by atoms with Gasteiger partial charge in [-0.25, -0.2) is 18.1 Å². The average molecular weight is 241 g/mol. The highest BCUT2D eigenvalue weighted by atomic mass is 32.2. The number of aryl methyl sites for hydroxylation is 1. The molecule has 2 aromatic rings. The molecule has 0 saturated carbocycles. The number of nitrogens with one attached hydrogen (secondary N) is 2. The largest absolute Gasteiger partial charge is 0.347 e. The lowest BCUT2D eigenvalue weighted by Crippen LogP contribution is -2.23. The van der Waals surface area contributed by atoms with Crippen LogP contribution < -0.4 is 4.72 Å². The van der Waals surface area contributed by atoms with E-state index in [0.717, 1.165) is 0 Å². The maximum absolute atomic E-state index is 11.7. The molecule has 0 radical (unpaired) electrons. The van der Waals surface area contributed by atoms with Gasteiger partial charge in [0.05, 0.1) is 12.7 Å². The Kier molecular flexibility index (Phi) is 2.75. The lowest BCUT2D eigenvalue weighted by molar-refractivity contribution is 0.579. The molecule has 0 aliphatic rings. The number of sulfonamides is 1. The van der Waals surface area contributed by atoms with E-state index in [2.05, 4.69) is 19.8 Å². The van der Waals surface area contributed by atoms with Crippen LogP contribution in [0, 0.1) is 0 Å². The molecule has 0 bridgehead atoms. The first-order valence-electron chi connectivity index (χ1n) is 4.54. The first-order chi connectivity index (χ1) is 7.58. The second-order valence-corrected chi connectivity index (χ2v) is 4.98. The molecular weight excluding hydrogens is 230 g/mol. The van der Waals surface area contributed by atoms with Gasteiger partial charge in [-0.1, -0.05) is 0 Å². The quantitative estimate of drug-likeness (QED) is 0.763. The van der Waals surface area contributed by atoms with Gasteiger partial charge < -0.3 is 4.98 Å². The summed E-state index contributed by atoms with van der Waals surface area (Å²) < 4.78 is 27.3. The van der Waals surface area contributed by atoms with E-state index in [-0.39, 0.29) is 11.4 Å². The maximum Gasteiger partial charge on any atom is 0.244 e. The van der Waals surface area contributed by atoms with Crippen molar-refractivity contribution in [2.24, 2.45) is 7.05 Å². The summed E-state index contributed by atoms with van der Waals surface area (Å²) in [4.78, 5) is 6.86. The second kappa shape index (κ2) is 4.06. The Balaban J connectivity index is 2.09. The molecule has 16 heavy (non-hydrogen) atoms. The molecule has 7 nitrogen and oxygen atoms in total. The van der Waals surface area contributed by atoms with Gasteiger partial charge in [0.2, 0.25) is 10.0 Å². The van der Waals surface area contributed by atoms with Crippen molar-refractivity contribution in [2.45, 2.75) is 11.4 Å². The van der Waals surface area contributed by atoms with Crippen molar-refractivity contribution in [2.75, 3.05) is 0 Å². The Morgan fingerprint density at radius 3 is 2.94 bits per heavy atom. The van der Waals surface area contributed by atoms with Crippen LogP contribution in [-0.4, -0.2) is 28.2 Å². The molecule has 0 aliphatic carbocycles. The summed E-state index contributed by atoms with van der Waals surface area (Å²) >= 11 is 0. The molecule has 0 aliphatic heterocycles. The molecule has 2 heterocycles. The smallest absolute Gasteiger partial charge is 0.244 e. The van der Waals surface area contributed by atoms with Gasteiger partial charge in [-0.2, -0.15) is 5.10 Å². The summed E-state index contributed by atoms with van der Waals surface area (Å²) in [6.07, 6.45) is 5.93. The van der Waals surface area contributed by atoms with E-state index < -0.39 is 10.0 Å². The minimum absolute atomic E-state index is 0.129. The molecule has 0 fully saturated rings. The highest BCUT2D eigenvalue weighted by Crippen LogP contribution is 2.06. The zero-order valence-electron chi connectivity index (χ0n) is 8.58. The van der Waals surface area contributed by atoms with Crippen molar-refractivity contribution in [3.63, 3.8) is 0 Å². The number of H-pyrrole nitrogens is 1. The molecular formula is C8H11N5O2S. The van der Waals surface area contributed by atoms with Gasteiger partial charge in [-0.05, 0) is 0 Å². The monoisotopic (exact) mass is 241 g/mol. The molecule has 2 aromatic heterocycles. The molecule has 0 spiro atoms. The zero-order valence-corrected chi connectivity index (χ0v) is 9.40. The molecule has 0 atom stereocenters. The van der Waals surface area contributed by atoms with E-state index in [4.69, 9.17) is 0 Å². The summed E-state index contributed by atoms with van der Waals surface area (Å²) in [5, 5.41) is 3.80. The number of nitrogens with zero attached hydrogens (tertiary/aromatic N) is 3. The Morgan fingerprint density at radius 1 is 1.56 bits per heavy atom. The molecule has 86 valence electrons. The van der Waals surface area contributed by atoms with E-state index in [1.807, 2.05) is 0 Å². The molecule has 0 unspecified atom stereocenters. The van der Waals surface area contributed by atoms with Crippen molar-refractivity contribution < 1.29 is 8.42 Å². The van der Waals surface area contributed by atoms with Gasteiger partial charge >= 0.3 is 0 Å². The molecule has 2 N–H and O–H groups in total. The molecule has 0 amide bonds. The van der Waals surface area contributed by atoms with Crippen molar-refractivity contribution in [1.82, 2.24) is 24.5 Å². The fraction of sp³-hybridized carbons (Fsp3) is 0.250. The van der Waals surface area contributed by atoms with Gasteiger partial charge in [-0.15, -0.1) is 0 Å². The number of rotatable bonds is 4. The molecule has 8 heteroatoms. The van der Waals surface area contributed by atoms with Crippen LogP contribution in [0.4, 0.5) is 0 Å². The zero-order chi connectivity index (χ0) is 11.6. The predicted octanol–water partition coefficient (Wildman–Crippen LogP) is -0.378. The number of imidazole rings is 1. The van der Waals surface area contributed by atoms with Crippen LogP contribution in [-0.2, 0) is 23.6 Å². The van der Waals surface area contributed by atoms with E-state index in [1.165, 1.54) is 17.1 Å². The first-order valence-corrected chi connectivity index (χ1v) is 6.03. The normalized spacial score (nSPS) is 11.8. The fourth-order valence-corrected chi connectivity index (χ4v) is 2.15. The SMILES string of the molecule is Cn1cc(S(=O)(=O)NCc2ncc[nH]2)cn1. The van der Waals surface area contributed by atoms with Crippen molar-refractivity contribution in [3.8, 4) is 0 Å². The number of hydrogen-bond acceptors (Lipinski definition) is 4. The predicted molar refractivity (Wildman–Crippen MR) is 55.8 cm³/mol. The Hall–Kier alpha value is -1.67. The number of aromatic amines is 1. The van der Waals surface area contributed by atoms with Crippen LogP contribution >= 0.6 is 0 Å². The van der Waals surface area contributed by atoms with E-state index in [0.29, 0.717) is 5.82 Å². The Labute approximate surface area is 92.6 Å². The third-order valence-electron chi connectivity index (χ3n) is 1.98. The van der Waals surface area contributed by atoms with E-state index in [9.17, 15) is 8.42 Å². The van der Waals surface area contributed by atoms with Crippen LogP contribution in [0.15, 0.2) is 29.7 Å². The lowest BCUT2D eigenvalue weighted by Gasteiger charge is -2.01. The topological polar surface area (TPSA) is 92.7 Å². The summed E-state index contributed by atoms with van der Waals surface area (Å²) in [7, 11) is -1.85. The second-order valence-electron chi connectivity index (χ2n) is 3.21. The van der Waals surface area contributed by atoms with Gasteiger partial charge in [-0.3, -0.25) is 4.68 Å². The van der Waals surface area contributed by atoms with E-state index >= 15 is 0 Å². The third kappa shape index (κ3) is 2.28. The minimum Gasteiger partial charge on any atom is -0.347 e. The van der Waals surface area contributed by atoms with Gasteiger partial charge in [0.25, 0.3) is 0 Å². The van der Waals surface area contributed by atoms with Crippen LogP contribution in [0.3, 0.4) is 0 Å². The van der Waals surface area contributed by atoms with Gasteiger partial charge in [0.15, 0.2) is 0 Å². The number of aromatic nitrogens is 4. The van der Waals surface area contributed by atoms with Crippen LogP contribution in [0.25, 0.3) is 0 Å². The van der Waals surface area contributed by atoms with Crippen LogP contribution in [0.1, 0.15) is 5.82 Å². The van der Waals surface area contributed by atoms with Crippen molar-refractivity contribution in [3.05, 3.63) is 30.6 Å². The maximum atomic E-state index is 11.7. The summed E-state index contributed by atoms with van der Waals surface area (Å²) in [6, 6.07) is 0. The van der Waals surface area contributed by atoms with Crippen molar-refractivity contribution >= 4 is 10.0 Å². The molecule has 2 rings (SSSR count). The molecule has 0 aromatic carbocycles.